The summed E-state index contributed by atoms with van der Waals surface area (Å²) >= 11 is 0. The molecule has 0 aliphatic carbocycles. The number of amides is 2. The highest BCUT2D eigenvalue weighted by atomic mass is 19.1. The Labute approximate surface area is 177 Å². The predicted octanol–water partition coefficient (Wildman–Crippen LogP) is 3.08. The van der Waals surface area contributed by atoms with Gasteiger partial charge in [-0.1, -0.05) is 42.5 Å². The molecule has 1 aliphatic rings. The van der Waals surface area contributed by atoms with Crippen LogP contribution >= 0.6 is 0 Å². The lowest BCUT2D eigenvalue weighted by Gasteiger charge is -2.29. The minimum absolute atomic E-state index is 0.0563. The van der Waals surface area contributed by atoms with Gasteiger partial charge in [-0.3, -0.25) is 9.59 Å². The zero-order valence-electron chi connectivity index (χ0n) is 17.9. The van der Waals surface area contributed by atoms with Crippen LogP contribution in [0, 0.1) is 11.7 Å². The molecule has 5 nitrogen and oxygen atoms in total. The maximum absolute atomic E-state index is 14.0. The Morgan fingerprint density at radius 2 is 1.80 bits per heavy atom. The first-order valence-electron chi connectivity index (χ1n) is 10.4. The number of hydrogen-bond acceptors (Lipinski definition) is 3. The molecule has 0 spiro atoms. The summed E-state index contributed by atoms with van der Waals surface area (Å²) in [6.45, 7) is 7.29. The van der Waals surface area contributed by atoms with Crippen molar-refractivity contribution in [1.82, 2.24) is 9.80 Å². The molecular weight excluding hydrogens is 381 g/mol. The van der Waals surface area contributed by atoms with Gasteiger partial charge in [0.05, 0.1) is 11.5 Å². The third-order valence-corrected chi connectivity index (χ3v) is 5.58. The molecule has 2 amide bonds. The molecule has 1 saturated heterocycles. The topological polar surface area (TPSA) is 66.6 Å². The van der Waals surface area contributed by atoms with Crippen molar-refractivity contribution >= 4 is 11.8 Å². The molecular formula is C24H30FN3O2. The second kappa shape index (κ2) is 8.96. The normalized spacial score (nSPS) is 17.8. The Kier molecular flexibility index (Phi) is 6.56. The highest BCUT2D eigenvalue weighted by Gasteiger charge is 2.35. The highest BCUT2D eigenvalue weighted by molar-refractivity contribution is 5.87. The maximum atomic E-state index is 14.0. The molecule has 0 aromatic heterocycles. The van der Waals surface area contributed by atoms with Crippen molar-refractivity contribution in [3.05, 3.63) is 59.9 Å². The summed E-state index contributed by atoms with van der Waals surface area (Å²) in [7, 11) is 0. The molecule has 6 heteroatoms. The average Bonchev–Trinajstić information content (AvgIpc) is 2.87. The number of rotatable bonds is 5. The van der Waals surface area contributed by atoms with Crippen LogP contribution < -0.4 is 5.73 Å². The largest absolute Gasteiger partial charge is 0.341 e. The maximum Gasteiger partial charge on any atom is 0.242 e. The van der Waals surface area contributed by atoms with Crippen LogP contribution in [-0.4, -0.2) is 53.3 Å². The number of carbonyl (C=O) groups excluding carboxylic acids is 2. The van der Waals surface area contributed by atoms with Crippen molar-refractivity contribution in [3.8, 4) is 11.1 Å². The molecule has 3 rings (SSSR count). The SMILES string of the molecule is CCN1CCN(C(=O)C(C)(C)N)CC(Cc2ccc(-c3ccccc3F)cc2)C1=O. The fraction of sp³-hybridized carbons (Fsp3) is 0.417. The van der Waals surface area contributed by atoms with E-state index in [-0.39, 0.29) is 23.5 Å². The molecule has 1 fully saturated rings. The third kappa shape index (κ3) is 4.87. The fourth-order valence-corrected chi connectivity index (χ4v) is 3.90. The third-order valence-electron chi connectivity index (χ3n) is 5.58. The quantitative estimate of drug-likeness (QED) is 0.822. The minimum atomic E-state index is -0.976. The van der Waals surface area contributed by atoms with E-state index in [0.717, 1.165) is 11.1 Å². The van der Waals surface area contributed by atoms with Crippen LogP contribution in [0.25, 0.3) is 11.1 Å². The van der Waals surface area contributed by atoms with Crippen molar-refractivity contribution in [1.29, 1.82) is 0 Å². The lowest BCUT2D eigenvalue weighted by molar-refractivity contribution is -0.136. The zero-order chi connectivity index (χ0) is 21.9. The molecule has 0 saturated carbocycles. The molecule has 1 unspecified atom stereocenters. The molecule has 2 aromatic rings. The van der Waals surface area contributed by atoms with Crippen molar-refractivity contribution in [2.75, 3.05) is 26.2 Å². The Morgan fingerprint density at radius 1 is 1.13 bits per heavy atom. The van der Waals surface area contributed by atoms with Crippen molar-refractivity contribution in [2.45, 2.75) is 32.7 Å². The van der Waals surface area contributed by atoms with Crippen LogP contribution in [-0.2, 0) is 16.0 Å². The molecule has 30 heavy (non-hydrogen) atoms. The van der Waals surface area contributed by atoms with Crippen LogP contribution in [0.4, 0.5) is 4.39 Å². The van der Waals surface area contributed by atoms with Gasteiger partial charge in [0.15, 0.2) is 0 Å². The second-order valence-corrected chi connectivity index (χ2v) is 8.47. The van der Waals surface area contributed by atoms with E-state index < -0.39 is 5.54 Å². The highest BCUT2D eigenvalue weighted by Crippen LogP contribution is 2.24. The van der Waals surface area contributed by atoms with E-state index >= 15 is 0 Å². The summed E-state index contributed by atoms with van der Waals surface area (Å²) in [5.41, 5.74) is 7.37. The lowest BCUT2D eigenvalue weighted by atomic mass is 9.95. The van der Waals surface area contributed by atoms with Crippen LogP contribution in [0.5, 0.6) is 0 Å². The van der Waals surface area contributed by atoms with E-state index in [1.54, 1.807) is 41.8 Å². The van der Waals surface area contributed by atoms with Gasteiger partial charge in [-0.25, -0.2) is 4.39 Å². The van der Waals surface area contributed by atoms with E-state index in [9.17, 15) is 14.0 Å². The van der Waals surface area contributed by atoms with Crippen LogP contribution in [0.1, 0.15) is 26.3 Å². The smallest absolute Gasteiger partial charge is 0.242 e. The number of hydrogen-bond donors (Lipinski definition) is 1. The average molecular weight is 412 g/mol. The molecule has 0 radical (unpaired) electrons. The molecule has 2 N–H and O–H groups in total. The van der Waals surface area contributed by atoms with Crippen molar-refractivity contribution in [2.24, 2.45) is 11.7 Å². The van der Waals surface area contributed by atoms with Gasteiger partial charge in [0, 0.05) is 31.7 Å². The molecule has 0 bridgehead atoms. The number of nitrogens with zero attached hydrogens (tertiary/aromatic N) is 2. The first-order valence-corrected chi connectivity index (χ1v) is 10.4. The van der Waals surface area contributed by atoms with Crippen molar-refractivity contribution in [3.63, 3.8) is 0 Å². The Morgan fingerprint density at radius 3 is 2.40 bits per heavy atom. The van der Waals surface area contributed by atoms with Gasteiger partial charge in [-0.05, 0) is 44.4 Å². The van der Waals surface area contributed by atoms with Gasteiger partial charge in [0.25, 0.3) is 0 Å². The Bertz CT molecular complexity index is 905. The number of halogens is 1. The van der Waals surface area contributed by atoms with Gasteiger partial charge < -0.3 is 15.5 Å². The molecule has 1 heterocycles. The summed E-state index contributed by atoms with van der Waals surface area (Å²) in [5, 5.41) is 0. The van der Waals surface area contributed by atoms with Gasteiger partial charge in [0.1, 0.15) is 5.82 Å². The monoisotopic (exact) mass is 411 g/mol. The first-order chi connectivity index (χ1) is 14.2. The summed E-state index contributed by atoms with van der Waals surface area (Å²) < 4.78 is 14.0. The Balaban J connectivity index is 1.80. The van der Waals surface area contributed by atoms with Crippen molar-refractivity contribution < 1.29 is 14.0 Å². The van der Waals surface area contributed by atoms with E-state index in [1.807, 2.05) is 31.2 Å². The first kappa shape index (κ1) is 22.0. The van der Waals surface area contributed by atoms with Gasteiger partial charge in [-0.15, -0.1) is 0 Å². The molecule has 2 aromatic carbocycles. The number of carbonyl (C=O) groups is 2. The van der Waals surface area contributed by atoms with E-state index in [0.29, 0.717) is 38.2 Å². The fourth-order valence-electron chi connectivity index (χ4n) is 3.90. The summed E-state index contributed by atoms with van der Waals surface area (Å²) in [5.74, 6) is -0.687. The Hall–Kier alpha value is -2.73. The minimum Gasteiger partial charge on any atom is -0.341 e. The lowest BCUT2D eigenvalue weighted by Crippen LogP contribution is -2.52. The van der Waals surface area contributed by atoms with Gasteiger partial charge >= 0.3 is 0 Å². The molecule has 1 atom stereocenters. The van der Waals surface area contributed by atoms with E-state index in [4.69, 9.17) is 5.73 Å². The molecule has 1 aliphatic heterocycles. The zero-order valence-corrected chi connectivity index (χ0v) is 17.9. The summed E-state index contributed by atoms with van der Waals surface area (Å²) in [4.78, 5) is 29.3. The summed E-state index contributed by atoms with van der Waals surface area (Å²) in [6.07, 6.45) is 0.516. The van der Waals surface area contributed by atoms with Crippen LogP contribution in [0.2, 0.25) is 0 Å². The predicted molar refractivity (Wildman–Crippen MR) is 116 cm³/mol. The summed E-state index contributed by atoms with van der Waals surface area (Å²) in [6, 6.07) is 14.3. The number of likely N-dealkylation sites (N-methyl/N-ethyl adjacent to an activating group) is 1. The number of benzene rings is 2. The number of nitrogens with two attached hydrogens (primary N) is 1. The van der Waals surface area contributed by atoms with E-state index in [2.05, 4.69) is 0 Å². The van der Waals surface area contributed by atoms with Crippen LogP contribution in [0.15, 0.2) is 48.5 Å². The molecule has 160 valence electrons. The van der Waals surface area contributed by atoms with Gasteiger partial charge in [-0.2, -0.15) is 0 Å². The van der Waals surface area contributed by atoms with E-state index in [1.165, 1.54) is 6.07 Å². The standard InChI is InChI=1S/C24H30FN3O2/c1-4-27-13-14-28(23(30)24(2,3)26)16-19(22(27)29)15-17-9-11-18(12-10-17)20-7-5-6-8-21(20)25/h5-12,19H,4,13-16,26H2,1-3H3. The second-order valence-electron chi connectivity index (χ2n) is 8.47. The van der Waals surface area contributed by atoms with Crippen LogP contribution in [0.3, 0.4) is 0 Å². The van der Waals surface area contributed by atoms with Gasteiger partial charge in [0.2, 0.25) is 11.8 Å².